The molecular weight excluding hydrogens is 294 g/mol. The van der Waals surface area contributed by atoms with Crippen molar-refractivity contribution in [2.24, 2.45) is 0 Å². The van der Waals surface area contributed by atoms with Gasteiger partial charge < -0.3 is 15.2 Å². The van der Waals surface area contributed by atoms with E-state index in [2.05, 4.69) is 0 Å². The van der Waals surface area contributed by atoms with Crippen LogP contribution in [0.4, 0.5) is 5.69 Å². The molecule has 5 nitrogen and oxygen atoms in total. The lowest BCUT2D eigenvalue weighted by Crippen LogP contribution is -2.26. The number of unbranched alkanes of at least 4 members (excludes halogenated alkanes) is 2. The first-order valence-electron chi connectivity index (χ1n) is 8.09. The number of ether oxygens (including phenoxy) is 2. The Bertz CT molecular complexity index is 634. The summed E-state index contributed by atoms with van der Waals surface area (Å²) in [5.74, 6) is -0.711. The van der Waals surface area contributed by atoms with E-state index in [9.17, 15) is 9.59 Å². The van der Waals surface area contributed by atoms with Crippen molar-refractivity contribution in [3.63, 3.8) is 0 Å². The lowest BCUT2D eigenvalue weighted by Gasteiger charge is -2.22. The number of ketones is 2. The summed E-state index contributed by atoms with van der Waals surface area (Å²) < 4.78 is 11.2. The standard InChI is InChI=1S/C18H23NO4/c1-3-5-10-22-17-15(20)12-8-7-9-13(19)14(12)16(21)18(17)23-11-6-4-2/h7-9H,3-6,10-11,19H2,1-2H3. The van der Waals surface area contributed by atoms with Gasteiger partial charge in [0.25, 0.3) is 0 Å². The minimum atomic E-state index is -0.375. The Morgan fingerprint density at radius 2 is 1.48 bits per heavy atom. The molecule has 2 rings (SSSR count). The summed E-state index contributed by atoms with van der Waals surface area (Å²) in [6.45, 7) is 4.80. The van der Waals surface area contributed by atoms with E-state index in [-0.39, 0.29) is 39.9 Å². The Morgan fingerprint density at radius 1 is 0.913 bits per heavy atom. The third-order valence-corrected chi connectivity index (χ3v) is 3.68. The molecule has 0 radical (unpaired) electrons. The molecule has 0 unspecified atom stereocenters. The highest BCUT2D eigenvalue weighted by atomic mass is 16.5. The first-order valence-corrected chi connectivity index (χ1v) is 8.09. The minimum Gasteiger partial charge on any atom is -0.486 e. The van der Waals surface area contributed by atoms with Crippen molar-refractivity contribution in [3.05, 3.63) is 40.8 Å². The number of carbonyl (C=O) groups is 2. The Hall–Kier alpha value is -2.30. The van der Waals surface area contributed by atoms with Crippen molar-refractivity contribution < 1.29 is 19.1 Å². The number of fused-ring (bicyclic) bond motifs is 1. The van der Waals surface area contributed by atoms with E-state index in [4.69, 9.17) is 15.2 Å². The number of allylic oxidation sites excluding steroid dienone is 2. The van der Waals surface area contributed by atoms with Crippen LogP contribution in [0.1, 0.15) is 60.2 Å². The maximum atomic E-state index is 12.7. The predicted molar refractivity (Wildman–Crippen MR) is 88.3 cm³/mol. The van der Waals surface area contributed by atoms with Crippen LogP contribution in [0.3, 0.4) is 0 Å². The second-order valence-electron chi connectivity index (χ2n) is 5.49. The number of nitrogens with two attached hydrogens (primary N) is 1. The molecule has 124 valence electrons. The fourth-order valence-electron chi connectivity index (χ4n) is 2.35. The maximum Gasteiger partial charge on any atom is 0.234 e. The van der Waals surface area contributed by atoms with Gasteiger partial charge in [0, 0.05) is 11.3 Å². The Balaban J connectivity index is 2.39. The third kappa shape index (κ3) is 3.55. The van der Waals surface area contributed by atoms with Crippen LogP contribution in [0, 0.1) is 0 Å². The number of anilines is 1. The molecule has 1 aromatic carbocycles. The average Bonchev–Trinajstić information content (AvgIpc) is 2.54. The number of carbonyl (C=O) groups excluding carboxylic acids is 2. The van der Waals surface area contributed by atoms with Crippen LogP contribution in [-0.2, 0) is 9.47 Å². The van der Waals surface area contributed by atoms with Crippen molar-refractivity contribution in [1.29, 1.82) is 0 Å². The van der Waals surface area contributed by atoms with E-state index in [1.54, 1.807) is 18.2 Å². The molecule has 0 heterocycles. The summed E-state index contributed by atoms with van der Waals surface area (Å²) in [7, 11) is 0. The molecule has 0 atom stereocenters. The lowest BCUT2D eigenvalue weighted by molar-refractivity contribution is 0.0746. The van der Waals surface area contributed by atoms with Crippen LogP contribution >= 0.6 is 0 Å². The topological polar surface area (TPSA) is 78.6 Å². The summed E-state index contributed by atoms with van der Waals surface area (Å²) in [6, 6.07) is 4.86. The van der Waals surface area contributed by atoms with Gasteiger partial charge in [-0.1, -0.05) is 38.8 Å². The molecule has 1 aromatic rings. The quantitative estimate of drug-likeness (QED) is 0.586. The number of Topliss-reactive ketones (excluding diaryl/α,β-unsaturated/α-hetero) is 2. The van der Waals surface area contributed by atoms with Gasteiger partial charge in [-0.25, -0.2) is 0 Å². The second-order valence-corrected chi connectivity index (χ2v) is 5.49. The van der Waals surface area contributed by atoms with Crippen LogP contribution in [0.15, 0.2) is 29.7 Å². The summed E-state index contributed by atoms with van der Waals surface area (Å²) in [5.41, 5.74) is 6.67. The molecule has 0 aromatic heterocycles. The molecule has 0 saturated heterocycles. The van der Waals surface area contributed by atoms with Gasteiger partial charge in [0.05, 0.1) is 18.8 Å². The second kappa shape index (κ2) is 7.81. The van der Waals surface area contributed by atoms with E-state index in [0.717, 1.165) is 25.7 Å². The molecule has 0 saturated carbocycles. The van der Waals surface area contributed by atoms with Crippen molar-refractivity contribution in [3.8, 4) is 0 Å². The summed E-state index contributed by atoms with van der Waals surface area (Å²) >= 11 is 0. The summed E-state index contributed by atoms with van der Waals surface area (Å²) in [5, 5.41) is 0. The molecule has 0 aliphatic heterocycles. The zero-order chi connectivity index (χ0) is 16.8. The van der Waals surface area contributed by atoms with Crippen molar-refractivity contribution in [2.75, 3.05) is 18.9 Å². The summed E-state index contributed by atoms with van der Waals surface area (Å²) in [6.07, 6.45) is 3.46. The van der Waals surface area contributed by atoms with Gasteiger partial charge in [0.15, 0.2) is 0 Å². The zero-order valence-electron chi connectivity index (χ0n) is 13.7. The highest BCUT2D eigenvalue weighted by Crippen LogP contribution is 2.31. The monoisotopic (exact) mass is 317 g/mol. The highest BCUT2D eigenvalue weighted by Gasteiger charge is 2.36. The van der Waals surface area contributed by atoms with Crippen molar-refractivity contribution >= 4 is 17.3 Å². The van der Waals surface area contributed by atoms with E-state index >= 15 is 0 Å². The summed E-state index contributed by atoms with van der Waals surface area (Å²) in [4.78, 5) is 25.4. The number of nitrogen functional groups attached to an aromatic ring is 1. The SMILES string of the molecule is CCCCOC1=C(OCCCC)C(=O)c2c(N)cccc2C1=O. The predicted octanol–water partition coefficient (Wildman–Crippen LogP) is 3.49. The van der Waals surface area contributed by atoms with Crippen LogP contribution < -0.4 is 5.73 Å². The van der Waals surface area contributed by atoms with Crippen LogP contribution in [0.25, 0.3) is 0 Å². The molecule has 0 fully saturated rings. The lowest BCUT2D eigenvalue weighted by atomic mass is 9.91. The van der Waals surface area contributed by atoms with Crippen LogP contribution in [0.2, 0.25) is 0 Å². The Kier molecular flexibility index (Phi) is 5.79. The van der Waals surface area contributed by atoms with E-state index in [1.165, 1.54) is 0 Å². The van der Waals surface area contributed by atoms with E-state index in [1.807, 2.05) is 13.8 Å². The van der Waals surface area contributed by atoms with Gasteiger partial charge >= 0.3 is 0 Å². The highest BCUT2D eigenvalue weighted by molar-refractivity contribution is 6.27. The maximum absolute atomic E-state index is 12.7. The van der Waals surface area contributed by atoms with Gasteiger partial charge in [-0.2, -0.15) is 0 Å². The van der Waals surface area contributed by atoms with Gasteiger partial charge in [0.1, 0.15) is 0 Å². The molecule has 0 spiro atoms. The molecule has 1 aliphatic rings. The van der Waals surface area contributed by atoms with Gasteiger partial charge in [-0.15, -0.1) is 0 Å². The number of hydrogen-bond acceptors (Lipinski definition) is 5. The van der Waals surface area contributed by atoms with Crippen LogP contribution in [0.5, 0.6) is 0 Å². The normalized spacial score (nSPS) is 14.0. The largest absolute Gasteiger partial charge is 0.486 e. The number of benzene rings is 1. The van der Waals surface area contributed by atoms with E-state index < -0.39 is 0 Å². The fourth-order valence-corrected chi connectivity index (χ4v) is 2.35. The number of rotatable bonds is 8. The molecule has 0 amide bonds. The molecule has 23 heavy (non-hydrogen) atoms. The van der Waals surface area contributed by atoms with Gasteiger partial charge in [0.2, 0.25) is 23.1 Å². The first kappa shape index (κ1) is 17.1. The van der Waals surface area contributed by atoms with Gasteiger partial charge in [-0.3, -0.25) is 9.59 Å². The zero-order valence-corrected chi connectivity index (χ0v) is 13.7. The first-order chi connectivity index (χ1) is 11.1. The minimum absolute atomic E-state index is 0.00930. The molecular formula is C18H23NO4. The molecule has 2 N–H and O–H groups in total. The van der Waals surface area contributed by atoms with Crippen molar-refractivity contribution in [2.45, 2.75) is 39.5 Å². The molecule has 0 bridgehead atoms. The third-order valence-electron chi connectivity index (χ3n) is 3.68. The fraction of sp³-hybridized carbons (Fsp3) is 0.444. The smallest absolute Gasteiger partial charge is 0.234 e. The Labute approximate surface area is 136 Å². The average molecular weight is 317 g/mol. The molecule has 1 aliphatic carbocycles. The Morgan fingerprint density at radius 3 is 2.04 bits per heavy atom. The van der Waals surface area contributed by atoms with Crippen molar-refractivity contribution in [1.82, 2.24) is 0 Å². The number of hydrogen-bond donors (Lipinski definition) is 1. The van der Waals surface area contributed by atoms with E-state index in [0.29, 0.717) is 13.2 Å². The van der Waals surface area contributed by atoms with Gasteiger partial charge in [-0.05, 0) is 18.9 Å². The molecule has 5 heteroatoms. The van der Waals surface area contributed by atoms with Crippen LogP contribution in [-0.4, -0.2) is 24.8 Å².